The van der Waals surface area contributed by atoms with Crippen LogP contribution in [0, 0.1) is 0 Å². The van der Waals surface area contributed by atoms with Crippen molar-refractivity contribution in [2.75, 3.05) is 32.5 Å². The quantitative estimate of drug-likeness (QED) is 0.147. The molecular weight excluding hydrogens is 524 g/mol. The minimum atomic E-state index is -0.430. The second kappa shape index (κ2) is 14.8. The Kier molecular flexibility index (Phi) is 10.4. The van der Waals surface area contributed by atoms with Gasteiger partial charge < -0.3 is 19.9 Å². The molecule has 218 valence electrons. The van der Waals surface area contributed by atoms with Crippen LogP contribution in [0.2, 0.25) is 0 Å². The zero-order valence-electron chi connectivity index (χ0n) is 24.3. The van der Waals surface area contributed by atoms with Crippen molar-refractivity contribution in [1.82, 2.24) is 4.90 Å². The van der Waals surface area contributed by atoms with Gasteiger partial charge >= 0.3 is 5.97 Å². The van der Waals surface area contributed by atoms with Crippen LogP contribution in [0.15, 0.2) is 103 Å². The molecule has 2 atom stereocenters. The summed E-state index contributed by atoms with van der Waals surface area (Å²) in [6, 6.07) is 35.1. The summed E-state index contributed by atoms with van der Waals surface area (Å²) in [6.45, 7) is 3.25. The van der Waals surface area contributed by atoms with Gasteiger partial charge in [-0.15, -0.1) is 0 Å². The van der Waals surface area contributed by atoms with E-state index in [0.29, 0.717) is 11.3 Å². The van der Waals surface area contributed by atoms with Crippen molar-refractivity contribution in [3.63, 3.8) is 0 Å². The third-order valence-corrected chi connectivity index (χ3v) is 7.76. The van der Waals surface area contributed by atoms with Crippen LogP contribution in [0.5, 0.6) is 0 Å². The van der Waals surface area contributed by atoms with Crippen molar-refractivity contribution >= 4 is 11.7 Å². The highest BCUT2D eigenvalue weighted by atomic mass is 16.7. The largest absolute Gasteiger partial charge is 0.465 e. The van der Waals surface area contributed by atoms with E-state index in [1.807, 2.05) is 18.2 Å². The lowest BCUT2D eigenvalue weighted by molar-refractivity contribution is -0.193. The number of nitrogens with zero attached hydrogens (tertiary/aromatic N) is 1. The first-order chi connectivity index (χ1) is 20.6. The fourth-order valence-corrected chi connectivity index (χ4v) is 5.40. The molecule has 0 saturated carbocycles. The number of hydrogen-bond acceptors (Lipinski definition) is 6. The van der Waals surface area contributed by atoms with Crippen molar-refractivity contribution < 1.29 is 19.0 Å². The lowest BCUT2D eigenvalue weighted by atomic mass is 10.0. The molecule has 0 bridgehead atoms. The molecule has 1 aliphatic heterocycles. The summed E-state index contributed by atoms with van der Waals surface area (Å²) in [6.07, 6.45) is 3.83. The zero-order chi connectivity index (χ0) is 29.1. The van der Waals surface area contributed by atoms with Gasteiger partial charge in [0, 0.05) is 31.9 Å². The normalized spacial score (nSPS) is 15.8. The molecular formula is C36H40N2O4. The van der Waals surface area contributed by atoms with Gasteiger partial charge in [-0.3, -0.25) is 4.90 Å². The Morgan fingerprint density at radius 1 is 0.905 bits per heavy atom. The van der Waals surface area contributed by atoms with Gasteiger partial charge in [0.05, 0.1) is 18.8 Å². The monoisotopic (exact) mass is 564 g/mol. The lowest BCUT2D eigenvalue weighted by Gasteiger charge is -2.32. The minimum absolute atomic E-state index is 0.0844. The highest BCUT2D eigenvalue weighted by Crippen LogP contribution is 2.27. The van der Waals surface area contributed by atoms with E-state index in [2.05, 4.69) is 83.8 Å². The van der Waals surface area contributed by atoms with E-state index in [4.69, 9.17) is 19.9 Å². The smallest absolute Gasteiger partial charge is 0.339 e. The Morgan fingerprint density at radius 3 is 2.29 bits per heavy atom. The molecule has 2 N–H and O–H groups in total. The fourth-order valence-electron chi connectivity index (χ4n) is 5.40. The molecule has 6 nitrogen and oxygen atoms in total. The summed E-state index contributed by atoms with van der Waals surface area (Å²) >= 11 is 0. The summed E-state index contributed by atoms with van der Waals surface area (Å²) in [4.78, 5) is 14.4. The first kappa shape index (κ1) is 29.5. The first-order valence-electron chi connectivity index (χ1n) is 14.7. The summed E-state index contributed by atoms with van der Waals surface area (Å²) < 4.78 is 17.4. The van der Waals surface area contributed by atoms with Gasteiger partial charge in [-0.2, -0.15) is 0 Å². The van der Waals surface area contributed by atoms with Crippen molar-refractivity contribution in [2.24, 2.45) is 0 Å². The topological polar surface area (TPSA) is 74.0 Å². The van der Waals surface area contributed by atoms with Crippen molar-refractivity contribution in [3.05, 3.63) is 125 Å². The predicted molar refractivity (Wildman–Crippen MR) is 167 cm³/mol. The number of esters is 1. The van der Waals surface area contributed by atoms with E-state index < -0.39 is 5.97 Å². The molecule has 6 heteroatoms. The van der Waals surface area contributed by atoms with Gasteiger partial charge in [-0.1, -0.05) is 91.0 Å². The average Bonchev–Trinajstić information content (AvgIpc) is 3.04. The maximum atomic E-state index is 11.9. The van der Waals surface area contributed by atoms with Crippen LogP contribution in [-0.4, -0.2) is 44.0 Å². The highest BCUT2D eigenvalue weighted by Gasteiger charge is 2.23. The maximum absolute atomic E-state index is 11.9. The molecule has 1 unspecified atom stereocenters. The molecule has 1 heterocycles. The second-order valence-corrected chi connectivity index (χ2v) is 10.8. The summed E-state index contributed by atoms with van der Waals surface area (Å²) in [7, 11) is 1.36. The van der Waals surface area contributed by atoms with E-state index in [1.54, 1.807) is 6.07 Å². The third kappa shape index (κ3) is 8.07. The van der Waals surface area contributed by atoms with E-state index >= 15 is 0 Å². The molecule has 0 amide bonds. The second-order valence-electron chi connectivity index (χ2n) is 10.8. The van der Waals surface area contributed by atoms with Crippen LogP contribution < -0.4 is 5.73 Å². The molecule has 1 fully saturated rings. The zero-order valence-corrected chi connectivity index (χ0v) is 24.3. The number of benzene rings is 4. The fraction of sp³-hybridized carbons (Fsp3) is 0.306. The molecule has 42 heavy (non-hydrogen) atoms. The standard InChI is InChI=1S/C36H40N2O4/c1-40-36(39)32-20-19-31(24-33(32)37)29-17-15-27(16-18-29)21-22-38(25-28-10-4-2-5-11-28)26-34(30-12-6-3-7-13-30)42-35-14-8-9-23-41-35/h2-7,10-13,15-20,24,34-35H,8-9,14,21-23,25-26,37H2,1H3/t34-,35?/m1/s1. The van der Waals surface area contributed by atoms with Crippen molar-refractivity contribution in [2.45, 2.75) is 44.6 Å². The molecule has 0 aliphatic carbocycles. The number of rotatable bonds is 12. The number of carbonyl (C=O) groups is 1. The Balaban J connectivity index is 1.30. The average molecular weight is 565 g/mol. The maximum Gasteiger partial charge on any atom is 0.339 e. The minimum Gasteiger partial charge on any atom is -0.465 e. The number of nitrogen functional groups attached to an aromatic ring is 1. The van der Waals surface area contributed by atoms with Crippen LogP contribution >= 0.6 is 0 Å². The number of methoxy groups -OCH3 is 1. The van der Waals surface area contributed by atoms with E-state index in [-0.39, 0.29) is 12.4 Å². The van der Waals surface area contributed by atoms with Gasteiger partial charge in [-0.05, 0) is 65.6 Å². The van der Waals surface area contributed by atoms with Gasteiger partial charge in [0.2, 0.25) is 0 Å². The number of hydrogen-bond donors (Lipinski definition) is 1. The van der Waals surface area contributed by atoms with Crippen LogP contribution in [0.25, 0.3) is 11.1 Å². The lowest BCUT2D eigenvalue weighted by Crippen LogP contribution is -2.34. The summed E-state index contributed by atoms with van der Waals surface area (Å²) in [5, 5.41) is 0. The Bertz CT molecular complexity index is 1400. The highest BCUT2D eigenvalue weighted by molar-refractivity contribution is 5.96. The predicted octanol–water partition coefficient (Wildman–Crippen LogP) is 7.05. The number of nitrogens with two attached hydrogens (primary N) is 1. The van der Waals surface area contributed by atoms with Gasteiger partial charge in [0.1, 0.15) is 0 Å². The molecule has 4 aromatic carbocycles. The molecule has 0 aromatic heterocycles. The van der Waals surface area contributed by atoms with Crippen LogP contribution in [0.1, 0.15) is 52.4 Å². The summed E-state index contributed by atoms with van der Waals surface area (Å²) in [5.74, 6) is -0.430. The number of carbonyl (C=O) groups excluding carboxylic acids is 1. The number of ether oxygens (including phenoxy) is 3. The van der Waals surface area contributed by atoms with E-state index in [0.717, 1.165) is 63.1 Å². The molecule has 0 spiro atoms. The molecule has 1 saturated heterocycles. The van der Waals surface area contributed by atoms with Gasteiger partial charge in [-0.25, -0.2) is 4.79 Å². The van der Waals surface area contributed by atoms with Crippen molar-refractivity contribution in [1.29, 1.82) is 0 Å². The molecule has 5 rings (SSSR count). The van der Waals surface area contributed by atoms with E-state index in [9.17, 15) is 4.79 Å². The molecule has 0 radical (unpaired) electrons. The number of anilines is 1. The Hall–Kier alpha value is -3.97. The molecule has 1 aliphatic rings. The van der Waals surface area contributed by atoms with E-state index in [1.165, 1.54) is 23.8 Å². The van der Waals surface area contributed by atoms with Crippen molar-refractivity contribution in [3.8, 4) is 11.1 Å². The summed E-state index contributed by atoms with van der Waals surface area (Å²) in [5.41, 5.74) is 12.6. The third-order valence-electron chi connectivity index (χ3n) is 7.76. The van der Waals surface area contributed by atoms with Gasteiger partial charge in [0.25, 0.3) is 0 Å². The van der Waals surface area contributed by atoms with Crippen LogP contribution in [0.4, 0.5) is 5.69 Å². The Labute approximate surface area is 249 Å². The van der Waals surface area contributed by atoms with Crippen LogP contribution in [-0.2, 0) is 27.2 Å². The Morgan fingerprint density at radius 2 is 1.62 bits per heavy atom. The van der Waals surface area contributed by atoms with Gasteiger partial charge in [0.15, 0.2) is 6.29 Å². The molecule has 4 aromatic rings. The first-order valence-corrected chi connectivity index (χ1v) is 14.7. The SMILES string of the molecule is COC(=O)c1ccc(-c2ccc(CCN(Cc3ccccc3)C[C@@H](OC3CCCCO3)c3ccccc3)cc2)cc1N. The van der Waals surface area contributed by atoms with Crippen LogP contribution in [0.3, 0.4) is 0 Å².